The van der Waals surface area contributed by atoms with Crippen LogP contribution in [0, 0.1) is 5.92 Å². The van der Waals surface area contributed by atoms with Gasteiger partial charge in [-0.15, -0.1) is 0 Å². The third-order valence-corrected chi connectivity index (χ3v) is 0.781. The van der Waals surface area contributed by atoms with Crippen molar-refractivity contribution in [2.45, 2.75) is 20.3 Å². The molecule has 0 rings (SSSR count). The molecule has 0 aliphatic rings. The molecule has 0 unspecified atom stereocenters. The molecular formula is C5H14NO4P-2. The van der Waals surface area contributed by atoms with E-state index in [9.17, 15) is 0 Å². The van der Waals surface area contributed by atoms with Gasteiger partial charge in [0.15, 0.2) is 0 Å². The summed E-state index contributed by atoms with van der Waals surface area (Å²) in [5.74, 6) is 0.836. The topological polar surface area (TPSA) is 114 Å². The van der Waals surface area contributed by atoms with Gasteiger partial charge in [-0.25, -0.2) is 0 Å². The molecule has 0 aliphatic carbocycles. The van der Waals surface area contributed by atoms with Crippen molar-refractivity contribution >= 4 is 7.82 Å². The van der Waals surface area contributed by atoms with Gasteiger partial charge < -0.3 is 25.0 Å². The number of hydrogen-bond acceptors (Lipinski definition) is 4. The van der Waals surface area contributed by atoms with Crippen LogP contribution in [-0.2, 0) is 4.57 Å². The van der Waals surface area contributed by atoms with E-state index in [0.717, 1.165) is 12.5 Å². The van der Waals surface area contributed by atoms with Crippen molar-refractivity contribution in [2.75, 3.05) is 6.54 Å². The molecule has 0 bridgehead atoms. The van der Waals surface area contributed by atoms with Crippen LogP contribution < -0.4 is 20.4 Å². The first-order chi connectivity index (χ1) is 4.77. The van der Waals surface area contributed by atoms with Gasteiger partial charge in [0.1, 0.15) is 0 Å². The molecule has 0 aromatic rings. The van der Waals surface area contributed by atoms with Crippen LogP contribution in [0.3, 0.4) is 0 Å². The van der Waals surface area contributed by atoms with Gasteiger partial charge >= 0.3 is 0 Å². The highest BCUT2D eigenvalue weighted by atomic mass is 31.2. The summed E-state index contributed by atoms with van der Waals surface area (Å²) in [6.45, 7) is 5.51. The van der Waals surface area contributed by atoms with Crippen LogP contribution in [0.1, 0.15) is 20.3 Å². The third kappa shape index (κ3) is 69.6. The Bertz CT molecular complexity index is 113. The van der Waals surface area contributed by atoms with Crippen molar-refractivity contribution in [3.63, 3.8) is 0 Å². The Hall–Kier alpha value is 0.0700. The molecule has 0 heterocycles. The Labute approximate surface area is 66.5 Å². The molecule has 0 amide bonds. The second-order valence-electron chi connectivity index (χ2n) is 2.48. The lowest BCUT2D eigenvalue weighted by molar-refractivity contribution is -0.432. The monoisotopic (exact) mass is 183 g/mol. The maximum atomic E-state index is 8.55. The lowest BCUT2D eigenvalue weighted by Gasteiger charge is -2.36. The minimum absolute atomic E-state index is 0.836. The highest BCUT2D eigenvalue weighted by Crippen LogP contribution is 2.03. The van der Waals surface area contributed by atoms with Crippen LogP contribution in [0.25, 0.3) is 0 Å². The molecule has 0 aliphatic heterocycles. The van der Waals surface area contributed by atoms with Crippen molar-refractivity contribution in [1.29, 1.82) is 0 Å². The van der Waals surface area contributed by atoms with Crippen LogP contribution in [0.4, 0.5) is 0 Å². The number of quaternary nitrogens is 1. The van der Waals surface area contributed by atoms with E-state index in [4.69, 9.17) is 19.2 Å². The molecule has 0 aromatic carbocycles. The van der Waals surface area contributed by atoms with Crippen molar-refractivity contribution in [3.05, 3.63) is 0 Å². The maximum absolute atomic E-state index is 8.55. The highest BCUT2D eigenvalue weighted by Gasteiger charge is 1.88. The molecule has 5 nitrogen and oxygen atoms in total. The fraction of sp³-hybridized carbons (Fsp3) is 1.00. The minimum atomic E-state index is -5.39. The summed E-state index contributed by atoms with van der Waals surface area (Å²) in [6.07, 6.45) is 1.26. The molecule has 0 fully saturated rings. The zero-order valence-electron chi connectivity index (χ0n) is 6.78. The minimum Gasteiger partial charge on any atom is -0.822 e. The van der Waals surface area contributed by atoms with Gasteiger partial charge in [-0.3, -0.25) is 0 Å². The van der Waals surface area contributed by atoms with Crippen LogP contribution in [0.5, 0.6) is 0 Å². The first kappa shape index (κ1) is 13.6. The molecule has 11 heavy (non-hydrogen) atoms. The lowest BCUT2D eigenvalue weighted by atomic mass is 10.1. The van der Waals surface area contributed by atoms with Gasteiger partial charge in [-0.05, 0) is 12.3 Å². The van der Waals surface area contributed by atoms with E-state index in [1.54, 1.807) is 0 Å². The van der Waals surface area contributed by atoms with E-state index in [1.807, 2.05) is 0 Å². The molecule has 0 aromatic heterocycles. The first-order valence-electron chi connectivity index (χ1n) is 3.29. The SMILES string of the molecule is CC(C)CC[NH3+].O=P([O-])([O-])[O-]. The summed E-state index contributed by atoms with van der Waals surface area (Å²) in [5, 5.41) is 0. The second kappa shape index (κ2) is 6.76. The third-order valence-electron chi connectivity index (χ3n) is 0.781. The molecule has 6 heteroatoms. The van der Waals surface area contributed by atoms with E-state index in [-0.39, 0.29) is 0 Å². The average Bonchev–Trinajstić information content (AvgIpc) is 1.58. The fourth-order valence-corrected chi connectivity index (χ4v) is 0.408. The Balaban J connectivity index is 0. The second-order valence-corrected chi connectivity index (χ2v) is 3.38. The standard InChI is InChI=1S/C5H13N.H3O4P/c1-5(2)3-4-6;1-5(2,3)4/h5H,3-4,6H2,1-2H3;(H3,1,2,3,4)/p-2. The summed E-state index contributed by atoms with van der Waals surface area (Å²) < 4.78 is 8.55. The lowest BCUT2D eigenvalue weighted by Crippen LogP contribution is -2.50. The van der Waals surface area contributed by atoms with E-state index in [1.165, 1.54) is 6.42 Å². The van der Waals surface area contributed by atoms with Crippen LogP contribution in [0.2, 0.25) is 0 Å². The fourth-order valence-electron chi connectivity index (χ4n) is 0.408. The van der Waals surface area contributed by atoms with Gasteiger partial charge in [0, 0.05) is 0 Å². The summed E-state index contributed by atoms with van der Waals surface area (Å²) >= 11 is 0. The normalized spacial score (nSPS) is 10.8. The zero-order chi connectivity index (χ0) is 9.49. The quantitative estimate of drug-likeness (QED) is 0.474. The largest absolute Gasteiger partial charge is 0.822 e. The highest BCUT2D eigenvalue weighted by molar-refractivity contribution is 7.40. The van der Waals surface area contributed by atoms with E-state index < -0.39 is 7.82 Å². The average molecular weight is 183 g/mol. The number of rotatable bonds is 2. The summed E-state index contributed by atoms with van der Waals surface area (Å²) in [7, 11) is -5.39. The Morgan fingerprint density at radius 2 is 1.64 bits per heavy atom. The molecule has 0 saturated heterocycles. The Kier molecular flexibility index (Phi) is 8.39. The van der Waals surface area contributed by atoms with E-state index in [0.29, 0.717) is 0 Å². The molecule has 0 spiro atoms. The Morgan fingerprint density at radius 1 is 1.36 bits per heavy atom. The zero-order valence-corrected chi connectivity index (χ0v) is 7.67. The molecule has 0 atom stereocenters. The summed E-state index contributed by atoms with van der Waals surface area (Å²) in [6, 6.07) is 0. The summed E-state index contributed by atoms with van der Waals surface area (Å²) in [4.78, 5) is 25.6. The van der Waals surface area contributed by atoms with Crippen molar-refractivity contribution in [3.8, 4) is 0 Å². The maximum Gasteiger partial charge on any atom is 0.0742 e. The van der Waals surface area contributed by atoms with Gasteiger partial charge in [0.05, 0.1) is 6.54 Å². The van der Waals surface area contributed by atoms with Gasteiger partial charge in [0.25, 0.3) is 0 Å². The molecule has 70 valence electrons. The summed E-state index contributed by atoms with van der Waals surface area (Å²) in [5.41, 5.74) is 3.73. The van der Waals surface area contributed by atoms with Gasteiger partial charge in [-0.1, -0.05) is 13.8 Å². The van der Waals surface area contributed by atoms with Crippen molar-refractivity contribution < 1.29 is 25.0 Å². The predicted octanol–water partition coefficient (Wildman–Crippen LogP) is -2.55. The van der Waals surface area contributed by atoms with E-state index >= 15 is 0 Å². The molecule has 0 saturated carbocycles. The van der Waals surface area contributed by atoms with Crippen molar-refractivity contribution in [2.24, 2.45) is 5.92 Å². The van der Waals surface area contributed by atoms with Gasteiger partial charge in [0.2, 0.25) is 0 Å². The number of hydrogen-bond donors (Lipinski definition) is 1. The first-order valence-corrected chi connectivity index (χ1v) is 4.75. The molecule has 0 radical (unpaired) electrons. The van der Waals surface area contributed by atoms with E-state index in [2.05, 4.69) is 19.6 Å². The van der Waals surface area contributed by atoms with Gasteiger partial charge in [-0.2, -0.15) is 7.82 Å². The molecule has 3 N–H and O–H groups in total. The van der Waals surface area contributed by atoms with Crippen LogP contribution in [0.15, 0.2) is 0 Å². The van der Waals surface area contributed by atoms with Crippen LogP contribution in [-0.4, -0.2) is 6.54 Å². The number of phosphoric acid groups is 1. The predicted molar refractivity (Wildman–Crippen MR) is 34.8 cm³/mol. The smallest absolute Gasteiger partial charge is 0.0742 e. The molecular weight excluding hydrogens is 169 g/mol. The van der Waals surface area contributed by atoms with Crippen molar-refractivity contribution in [1.82, 2.24) is 0 Å². The Morgan fingerprint density at radius 3 is 1.64 bits per heavy atom. The van der Waals surface area contributed by atoms with Crippen LogP contribution >= 0.6 is 7.82 Å².